The van der Waals surface area contributed by atoms with Crippen LogP contribution in [0.2, 0.25) is 0 Å². The molecule has 5 nitrogen and oxygen atoms in total. The lowest BCUT2D eigenvalue weighted by atomic mass is 10.1. The van der Waals surface area contributed by atoms with E-state index in [9.17, 15) is 14.5 Å². The van der Waals surface area contributed by atoms with Gasteiger partial charge in [-0.3, -0.25) is 10.1 Å². The van der Waals surface area contributed by atoms with Gasteiger partial charge >= 0.3 is 5.69 Å². The predicted molar refractivity (Wildman–Crippen MR) is 76.2 cm³/mol. The predicted octanol–water partition coefficient (Wildman–Crippen LogP) is 3.95. The van der Waals surface area contributed by atoms with Crippen molar-refractivity contribution in [2.24, 2.45) is 0 Å². The molecule has 0 atom stereocenters. The van der Waals surface area contributed by atoms with Crippen molar-refractivity contribution in [1.82, 2.24) is 0 Å². The fourth-order valence-corrected chi connectivity index (χ4v) is 2.05. The topological polar surface area (TPSA) is 76.2 Å². The maximum atomic E-state index is 13.2. The van der Waals surface area contributed by atoms with E-state index in [1.165, 1.54) is 30.3 Å². The number of ether oxygens (including phenoxy) is 1. The smallest absolute Gasteiger partial charge is 0.312 e. The molecule has 0 aliphatic rings. The summed E-state index contributed by atoms with van der Waals surface area (Å²) in [6.07, 6.45) is 0. The fourth-order valence-electron chi connectivity index (χ4n) is 1.70. The van der Waals surface area contributed by atoms with E-state index >= 15 is 0 Å². The Balaban J connectivity index is 2.27. The maximum absolute atomic E-state index is 13.2. The molecule has 2 aromatic carbocycles. The number of nitriles is 1. The molecule has 0 fully saturated rings. The molecule has 0 bridgehead atoms. The van der Waals surface area contributed by atoms with Gasteiger partial charge in [0.05, 0.1) is 16.6 Å². The normalized spacial score (nSPS) is 9.95. The summed E-state index contributed by atoms with van der Waals surface area (Å²) >= 11 is 3.14. The number of benzene rings is 2. The van der Waals surface area contributed by atoms with E-state index in [2.05, 4.69) is 15.9 Å². The summed E-state index contributed by atoms with van der Waals surface area (Å²) in [6, 6.07) is 9.94. The third kappa shape index (κ3) is 3.55. The van der Waals surface area contributed by atoms with Crippen molar-refractivity contribution in [3.05, 3.63) is 67.9 Å². The van der Waals surface area contributed by atoms with E-state index in [4.69, 9.17) is 10.00 Å². The maximum Gasteiger partial charge on any atom is 0.312 e. The van der Waals surface area contributed by atoms with Crippen molar-refractivity contribution < 1.29 is 14.1 Å². The second-order valence-electron chi connectivity index (χ2n) is 4.07. The Hall–Kier alpha value is -2.46. The summed E-state index contributed by atoms with van der Waals surface area (Å²) < 4.78 is 19.1. The Morgan fingerprint density at radius 2 is 2.10 bits per heavy atom. The van der Waals surface area contributed by atoms with Crippen molar-refractivity contribution in [2.45, 2.75) is 6.61 Å². The molecule has 2 rings (SSSR count). The minimum absolute atomic E-state index is 0.0522. The second-order valence-corrected chi connectivity index (χ2v) is 4.99. The van der Waals surface area contributed by atoms with Crippen molar-refractivity contribution >= 4 is 21.6 Å². The van der Waals surface area contributed by atoms with E-state index in [1.54, 1.807) is 6.07 Å². The summed E-state index contributed by atoms with van der Waals surface area (Å²) in [5.74, 6) is -0.450. The van der Waals surface area contributed by atoms with Gasteiger partial charge in [-0.2, -0.15) is 5.26 Å². The summed E-state index contributed by atoms with van der Waals surface area (Å²) in [6.45, 7) is -0.136. The molecule has 2 aromatic rings. The highest BCUT2D eigenvalue weighted by molar-refractivity contribution is 9.10. The Morgan fingerprint density at radius 1 is 1.33 bits per heavy atom. The van der Waals surface area contributed by atoms with Crippen LogP contribution in [-0.4, -0.2) is 4.92 Å². The molecule has 0 saturated heterocycles. The zero-order valence-electron chi connectivity index (χ0n) is 10.5. The molecule has 0 N–H and O–H groups in total. The zero-order valence-corrected chi connectivity index (χ0v) is 12.1. The number of rotatable bonds is 4. The molecule has 0 aliphatic carbocycles. The van der Waals surface area contributed by atoms with Crippen molar-refractivity contribution in [2.75, 3.05) is 0 Å². The van der Waals surface area contributed by atoms with Crippen LogP contribution in [0.1, 0.15) is 11.1 Å². The number of nitrogens with zero attached hydrogens (tertiary/aromatic N) is 2. The largest absolute Gasteiger partial charge is 0.482 e. The molecule has 0 amide bonds. The lowest BCUT2D eigenvalue weighted by Gasteiger charge is -2.08. The minimum atomic E-state index is -0.573. The quantitative estimate of drug-likeness (QED) is 0.617. The van der Waals surface area contributed by atoms with Crippen LogP contribution < -0.4 is 4.74 Å². The first-order valence-electron chi connectivity index (χ1n) is 5.76. The number of hydrogen-bond donors (Lipinski definition) is 0. The van der Waals surface area contributed by atoms with Gasteiger partial charge in [0.25, 0.3) is 0 Å². The highest BCUT2D eigenvalue weighted by Gasteiger charge is 2.16. The number of hydrogen-bond acceptors (Lipinski definition) is 4. The van der Waals surface area contributed by atoms with Crippen molar-refractivity contribution in [1.29, 1.82) is 5.26 Å². The summed E-state index contributed by atoms with van der Waals surface area (Å²) in [5.41, 5.74) is 0.380. The van der Waals surface area contributed by atoms with Crippen LogP contribution in [0.25, 0.3) is 0 Å². The van der Waals surface area contributed by atoms with Gasteiger partial charge in [-0.05, 0) is 30.3 Å². The van der Waals surface area contributed by atoms with Crippen molar-refractivity contribution in [3.8, 4) is 11.8 Å². The van der Waals surface area contributed by atoms with Gasteiger partial charge in [0.2, 0.25) is 0 Å². The van der Waals surface area contributed by atoms with Gasteiger partial charge in [0, 0.05) is 16.1 Å². The molecular formula is C14H8BrFN2O3. The Morgan fingerprint density at radius 3 is 2.76 bits per heavy atom. The third-order valence-corrected chi connectivity index (χ3v) is 3.18. The molecular weight excluding hydrogens is 343 g/mol. The summed E-state index contributed by atoms with van der Waals surface area (Å²) in [5, 5.41) is 19.9. The first kappa shape index (κ1) is 14.9. The summed E-state index contributed by atoms with van der Waals surface area (Å²) in [4.78, 5) is 10.4. The van der Waals surface area contributed by atoms with Crippen LogP contribution in [0.4, 0.5) is 10.1 Å². The highest BCUT2D eigenvalue weighted by atomic mass is 79.9. The van der Waals surface area contributed by atoms with Crippen LogP contribution in [0, 0.1) is 27.3 Å². The lowest BCUT2D eigenvalue weighted by molar-refractivity contribution is -0.386. The van der Waals surface area contributed by atoms with Gasteiger partial charge in [0.1, 0.15) is 12.4 Å². The average Bonchev–Trinajstić information content (AvgIpc) is 2.46. The van der Waals surface area contributed by atoms with Gasteiger partial charge in [0.15, 0.2) is 5.75 Å². The van der Waals surface area contributed by atoms with Gasteiger partial charge in [-0.1, -0.05) is 15.9 Å². The van der Waals surface area contributed by atoms with Crippen LogP contribution >= 0.6 is 15.9 Å². The minimum Gasteiger partial charge on any atom is -0.482 e. The molecule has 0 heterocycles. The first-order chi connectivity index (χ1) is 10.0. The van der Waals surface area contributed by atoms with E-state index < -0.39 is 10.7 Å². The van der Waals surface area contributed by atoms with Gasteiger partial charge < -0.3 is 4.74 Å². The molecule has 0 radical (unpaired) electrons. The van der Waals surface area contributed by atoms with E-state index in [0.29, 0.717) is 10.0 Å². The van der Waals surface area contributed by atoms with Crippen LogP contribution in [0.15, 0.2) is 40.9 Å². The van der Waals surface area contributed by atoms with E-state index in [1.807, 2.05) is 6.07 Å². The highest BCUT2D eigenvalue weighted by Crippen LogP contribution is 2.30. The Bertz CT molecular complexity index is 743. The number of nitro groups is 1. The number of nitro benzene ring substituents is 1. The van der Waals surface area contributed by atoms with Crippen LogP contribution in [0.3, 0.4) is 0 Å². The molecule has 7 heteroatoms. The van der Waals surface area contributed by atoms with Gasteiger partial charge in [-0.25, -0.2) is 4.39 Å². The second kappa shape index (κ2) is 6.33. The number of halogens is 2. The lowest BCUT2D eigenvalue weighted by Crippen LogP contribution is -2.01. The Labute approximate surface area is 127 Å². The average molecular weight is 351 g/mol. The SMILES string of the molecule is N#Cc1ccc(F)cc1COc1ccc(Br)cc1[N+](=O)[O-]. The molecule has 0 unspecified atom stereocenters. The molecule has 0 saturated carbocycles. The molecule has 0 aliphatic heterocycles. The molecule has 106 valence electrons. The zero-order chi connectivity index (χ0) is 15.4. The van der Waals surface area contributed by atoms with E-state index in [0.717, 1.165) is 0 Å². The monoisotopic (exact) mass is 350 g/mol. The standard InChI is InChI=1S/C14H8BrFN2O3/c15-11-2-4-14(13(6-11)18(19)20)21-8-10-5-12(16)3-1-9(10)7-17/h1-6H,8H2. The fraction of sp³-hybridized carbons (Fsp3) is 0.0714. The Kier molecular flexibility index (Phi) is 4.50. The van der Waals surface area contributed by atoms with Crippen LogP contribution in [0.5, 0.6) is 5.75 Å². The summed E-state index contributed by atoms with van der Waals surface area (Å²) in [7, 11) is 0. The third-order valence-electron chi connectivity index (χ3n) is 2.69. The van der Waals surface area contributed by atoms with Gasteiger partial charge in [-0.15, -0.1) is 0 Å². The van der Waals surface area contributed by atoms with Crippen molar-refractivity contribution in [3.63, 3.8) is 0 Å². The molecule has 0 spiro atoms. The van der Waals surface area contributed by atoms with E-state index in [-0.39, 0.29) is 23.6 Å². The molecule has 21 heavy (non-hydrogen) atoms. The van der Waals surface area contributed by atoms with Crippen LogP contribution in [-0.2, 0) is 6.61 Å². The first-order valence-corrected chi connectivity index (χ1v) is 6.56. The molecule has 0 aromatic heterocycles.